The summed E-state index contributed by atoms with van der Waals surface area (Å²) in [4.78, 5) is 26.5. The van der Waals surface area contributed by atoms with Crippen molar-refractivity contribution in [1.82, 2.24) is 4.90 Å². The highest BCUT2D eigenvalue weighted by molar-refractivity contribution is 5.93. The van der Waals surface area contributed by atoms with E-state index in [1.54, 1.807) is 11.8 Å². The Morgan fingerprint density at radius 1 is 1.29 bits per heavy atom. The average Bonchev–Trinajstić information content (AvgIpc) is 2.56. The number of nitrogens with one attached hydrogen (secondary N) is 1. The molecule has 2 amide bonds. The van der Waals surface area contributed by atoms with Crippen LogP contribution in [-0.2, 0) is 9.59 Å². The Hall–Kier alpha value is -1.95. The van der Waals surface area contributed by atoms with Gasteiger partial charge in [0.05, 0.1) is 5.54 Å². The molecule has 1 aliphatic heterocycles. The van der Waals surface area contributed by atoms with Gasteiger partial charge in [0.1, 0.15) is 5.82 Å². The molecule has 1 fully saturated rings. The predicted octanol–water partition coefficient (Wildman–Crippen LogP) is 2.52. The Labute approximate surface area is 142 Å². The minimum atomic E-state index is -0.835. The molecule has 0 aliphatic carbocycles. The summed E-state index contributed by atoms with van der Waals surface area (Å²) in [5.41, 5.74) is 5.85. The predicted molar refractivity (Wildman–Crippen MR) is 91.8 cm³/mol. The first-order chi connectivity index (χ1) is 11.3. The van der Waals surface area contributed by atoms with Gasteiger partial charge in [0, 0.05) is 24.7 Å². The summed E-state index contributed by atoms with van der Waals surface area (Å²) in [5.74, 6) is -0.606. The van der Waals surface area contributed by atoms with Gasteiger partial charge in [-0.1, -0.05) is 13.3 Å². The summed E-state index contributed by atoms with van der Waals surface area (Å²) >= 11 is 0. The summed E-state index contributed by atoms with van der Waals surface area (Å²) < 4.78 is 12.9. The first kappa shape index (κ1) is 18.4. The smallest absolute Gasteiger partial charge is 0.242 e. The molecule has 1 aromatic carbocycles. The third kappa shape index (κ3) is 4.54. The zero-order valence-electron chi connectivity index (χ0n) is 14.3. The molecule has 0 bridgehead atoms. The van der Waals surface area contributed by atoms with E-state index < -0.39 is 5.54 Å². The topological polar surface area (TPSA) is 75.4 Å². The number of halogens is 1. The van der Waals surface area contributed by atoms with E-state index in [-0.39, 0.29) is 23.5 Å². The minimum absolute atomic E-state index is 0.0401. The monoisotopic (exact) mass is 335 g/mol. The van der Waals surface area contributed by atoms with Gasteiger partial charge in [-0.05, 0) is 50.5 Å². The van der Waals surface area contributed by atoms with Crippen molar-refractivity contribution in [3.05, 3.63) is 30.1 Å². The number of carbonyl (C=O) groups is 2. The number of rotatable bonds is 5. The highest BCUT2D eigenvalue weighted by Crippen LogP contribution is 2.22. The third-order valence-electron chi connectivity index (χ3n) is 4.52. The maximum absolute atomic E-state index is 12.9. The summed E-state index contributed by atoms with van der Waals surface area (Å²) in [6, 6.07) is 5.70. The minimum Gasteiger partial charge on any atom is -0.341 e. The molecule has 1 aliphatic rings. The lowest BCUT2D eigenvalue weighted by molar-refractivity contribution is -0.139. The molecule has 0 aromatic heterocycles. The fraction of sp³-hybridized carbons (Fsp3) is 0.556. The summed E-state index contributed by atoms with van der Waals surface area (Å²) in [6.45, 7) is 4.85. The van der Waals surface area contributed by atoms with E-state index in [2.05, 4.69) is 5.32 Å². The number of amides is 2. The lowest BCUT2D eigenvalue weighted by Gasteiger charge is -2.36. The van der Waals surface area contributed by atoms with Gasteiger partial charge in [-0.25, -0.2) is 4.39 Å². The molecule has 1 heterocycles. The second kappa shape index (κ2) is 7.75. The van der Waals surface area contributed by atoms with Crippen LogP contribution in [-0.4, -0.2) is 35.3 Å². The third-order valence-corrected chi connectivity index (χ3v) is 4.52. The largest absolute Gasteiger partial charge is 0.341 e. The molecule has 1 saturated heterocycles. The van der Waals surface area contributed by atoms with Crippen molar-refractivity contribution < 1.29 is 14.0 Å². The number of hydrogen-bond acceptors (Lipinski definition) is 3. The number of carbonyl (C=O) groups excluding carboxylic acids is 2. The maximum atomic E-state index is 12.9. The van der Waals surface area contributed by atoms with E-state index in [0.717, 1.165) is 6.42 Å². The van der Waals surface area contributed by atoms with Crippen LogP contribution in [0.5, 0.6) is 0 Å². The van der Waals surface area contributed by atoms with Gasteiger partial charge in [-0.3, -0.25) is 9.59 Å². The molecule has 132 valence electrons. The second-order valence-electron chi connectivity index (χ2n) is 6.73. The van der Waals surface area contributed by atoms with Gasteiger partial charge in [-0.2, -0.15) is 0 Å². The highest BCUT2D eigenvalue weighted by Gasteiger charge is 2.35. The lowest BCUT2D eigenvalue weighted by Crippen LogP contribution is -2.55. The van der Waals surface area contributed by atoms with E-state index in [9.17, 15) is 14.0 Å². The van der Waals surface area contributed by atoms with Crippen LogP contribution in [0.2, 0.25) is 0 Å². The molecule has 5 nitrogen and oxygen atoms in total. The zero-order valence-corrected chi connectivity index (χ0v) is 14.3. The molecule has 2 rings (SSSR count). The summed E-state index contributed by atoms with van der Waals surface area (Å²) in [6.07, 6.45) is 2.73. The van der Waals surface area contributed by atoms with Gasteiger partial charge in [-0.15, -0.1) is 0 Å². The van der Waals surface area contributed by atoms with Crippen molar-refractivity contribution in [3.8, 4) is 0 Å². The highest BCUT2D eigenvalue weighted by atomic mass is 19.1. The normalized spacial score (nSPS) is 18.1. The van der Waals surface area contributed by atoms with E-state index in [1.807, 2.05) is 6.92 Å². The molecule has 1 unspecified atom stereocenters. The van der Waals surface area contributed by atoms with Gasteiger partial charge >= 0.3 is 0 Å². The maximum Gasteiger partial charge on any atom is 0.242 e. The van der Waals surface area contributed by atoms with Gasteiger partial charge < -0.3 is 16.0 Å². The van der Waals surface area contributed by atoms with Crippen molar-refractivity contribution in [2.75, 3.05) is 18.4 Å². The van der Waals surface area contributed by atoms with Crippen LogP contribution in [0.15, 0.2) is 24.3 Å². The molecule has 3 N–H and O–H groups in total. The molecular formula is C18H26FN3O2. The first-order valence-electron chi connectivity index (χ1n) is 8.48. The van der Waals surface area contributed by atoms with E-state index in [1.165, 1.54) is 24.3 Å². The number of likely N-dealkylation sites (tertiary alicyclic amines) is 1. The molecule has 6 heteroatoms. The molecule has 0 spiro atoms. The second-order valence-corrected chi connectivity index (χ2v) is 6.73. The molecule has 24 heavy (non-hydrogen) atoms. The van der Waals surface area contributed by atoms with Gasteiger partial charge in [0.2, 0.25) is 11.8 Å². The summed E-state index contributed by atoms with van der Waals surface area (Å²) in [5, 5.41) is 2.80. The van der Waals surface area contributed by atoms with Crippen LogP contribution in [0.4, 0.5) is 10.1 Å². The Bertz CT molecular complexity index is 578. The molecule has 1 aromatic rings. The van der Waals surface area contributed by atoms with Crippen molar-refractivity contribution >= 4 is 17.5 Å². The van der Waals surface area contributed by atoms with Gasteiger partial charge in [0.25, 0.3) is 0 Å². The number of anilines is 1. The van der Waals surface area contributed by atoms with Crippen LogP contribution >= 0.6 is 0 Å². The van der Waals surface area contributed by atoms with Crippen molar-refractivity contribution in [1.29, 1.82) is 0 Å². The molecular weight excluding hydrogens is 309 g/mol. The Morgan fingerprint density at radius 3 is 2.42 bits per heavy atom. The number of piperidine rings is 1. The van der Waals surface area contributed by atoms with Crippen molar-refractivity contribution in [2.24, 2.45) is 11.7 Å². The van der Waals surface area contributed by atoms with Crippen LogP contribution in [0.1, 0.15) is 39.5 Å². The summed E-state index contributed by atoms with van der Waals surface area (Å²) in [7, 11) is 0. The van der Waals surface area contributed by atoms with E-state index in [0.29, 0.717) is 38.0 Å². The number of hydrogen-bond donors (Lipinski definition) is 2. The average molecular weight is 335 g/mol. The van der Waals surface area contributed by atoms with Crippen molar-refractivity contribution in [2.45, 2.75) is 45.1 Å². The van der Waals surface area contributed by atoms with Gasteiger partial charge in [0.15, 0.2) is 0 Å². The van der Waals surface area contributed by atoms with Crippen molar-refractivity contribution in [3.63, 3.8) is 0 Å². The zero-order chi connectivity index (χ0) is 17.7. The lowest BCUT2D eigenvalue weighted by atomic mass is 9.91. The Morgan fingerprint density at radius 2 is 1.88 bits per heavy atom. The standard InChI is InChI=1S/C18H26FN3O2/c1-3-10-18(2,20)17(24)22-11-8-13(9-12-22)16(23)21-15-6-4-14(19)5-7-15/h4-7,13H,3,8-12,20H2,1-2H3,(H,21,23). The van der Waals surface area contributed by atoms with Crippen LogP contribution in [0.3, 0.4) is 0 Å². The Balaban J connectivity index is 1.86. The fourth-order valence-corrected chi connectivity index (χ4v) is 3.11. The number of nitrogens with two attached hydrogens (primary N) is 1. The molecule has 0 saturated carbocycles. The number of nitrogens with zero attached hydrogens (tertiary/aromatic N) is 1. The first-order valence-corrected chi connectivity index (χ1v) is 8.48. The van der Waals surface area contributed by atoms with Crippen LogP contribution in [0.25, 0.3) is 0 Å². The molecule has 1 atom stereocenters. The SMILES string of the molecule is CCCC(C)(N)C(=O)N1CCC(C(=O)Nc2ccc(F)cc2)CC1. The quantitative estimate of drug-likeness (QED) is 0.868. The fourth-order valence-electron chi connectivity index (χ4n) is 3.11. The molecule has 0 radical (unpaired) electrons. The Kier molecular flexibility index (Phi) is 5.94. The van der Waals surface area contributed by atoms with E-state index >= 15 is 0 Å². The number of benzene rings is 1. The van der Waals surface area contributed by atoms with E-state index in [4.69, 9.17) is 5.73 Å². The van der Waals surface area contributed by atoms with Crippen LogP contribution in [0, 0.1) is 11.7 Å². The van der Waals surface area contributed by atoms with Crippen LogP contribution < -0.4 is 11.1 Å².